The third-order valence-corrected chi connectivity index (χ3v) is 6.26. The Hall–Kier alpha value is -3.98. The molecule has 2 aromatic heterocycles. The van der Waals surface area contributed by atoms with Crippen LogP contribution >= 0.6 is 11.6 Å². The first kappa shape index (κ1) is 23.7. The molecule has 10 heteroatoms. The molecule has 0 atom stereocenters. The van der Waals surface area contributed by atoms with Crippen molar-refractivity contribution in [2.75, 3.05) is 43.4 Å². The van der Waals surface area contributed by atoms with Gasteiger partial charge < -0.3 is 20.3 Å². The summed E-state index contributed by atoms with van der Waals surface area (Å²) < 4.78 is 19.0. The van der Waals surface area contributed by atoms with Crippen LogP contribution in [-0.2, 0) is 4.79 Å². The van der Waals surface area contributed by atoms with Gasteiger partial charge in [0.15, 0.2) is 5.82 Å². The number of amides is 1. The van der Waals surface area contributed by atoms with Crippen LogP contribution in [0.1, 0.15) is 6.42 Å². The van der Waals surface area contributed by atoms with Crippen LogP contribution in [0, 0.1) is 5.82 Å². The number of carbonyl (C=O) groups is 1. The van der Waals surface area contributed by atoms with Gasteiger partial charge >= 0.3 is 0 Å². The van der Waals surface area contributed by atoms with Crippen LogP contribution in [0.5, 0.6) is 5.75 Å². The zero-order chi connectivity index (χ0) is 25.1. The maximum absolute atomic E-state index is 13.4. The van der Waals surface area contributed by atoms with Gasteiger partial charge in [-0.15, -0.1) is 0 Å². The van der Waals surface area contributed by atoms with Gasteiger partial charge in [-0.05, 0) is 60.7 Å². The molecule has 1 saturated heterocycles. The van der Waals surface area contributed by atoms with E-state index in [9.17, 15) is 9.18 Å². The van der Waals surface area contributed by atoms with Crippen molar-refractivity contribution in [1.82, 2.24) is 19.9 Å². The topological polar surface area (TPSA) is 97.5 Å². The molecule has 8 nitrogen and oxygen atoms in total. The van der Waals surface area contributed by atoms with Crippen molar-refractivity contribution >= 4 is 40.3 Å². The summed E-state index contributed by atoms with van der Waals surface area (Å²) >= 11 is 5.88. The van der Waals surface area contributed by atoms with Crippen molar-refractivity contribution < 1.29 is 13.9 Å². The van der Waals surface area contributed by atoms with E-state index in [0.29, 0.717) is 66.1 Å². The summed E-state index contributed by atoms with van der Waals surface area (Å²) in [6.45, 7) is 2.55. The number of ether oxygens (including phenoxy) is 1. The Balaban J connectivity index is 1.26. The molecule has 0 bridgehead atoms. The molecule has 2 N–H and O–H groups in total. The lowest BCUT2D eigenvalue weighted by Crippen LogP contribution is -2.49. The lowest BCUT2D eigenvalue weighted by atomic mass is 10.1. The number of halogens is 2. The van der Waals surface area contributed by atoms with Gasteiger partial charge in [-0.1, -0.05) is 11.6 Å². The van der Waals surface area contributed by atoms with Crippen LogP contribution in [0.2, 0.25) is 5.02 Å². The zero-order valence-electron chi connectivity index (χ0n) is 19.4. The summed E-state index contributed by atoms with van der Waals surface area (Å²) in [6.07, 6.45) is 0.286. The van der Waals surface area contributed by atoms with E-state index in [1.807, 2.05) is 17.0 Å². The Labute approximate surface area is 212 Å². The second-order valence-corrected chi connectivity index (χ2v) is 8.83. The van der Waals surface area contributed by atoms with Crippen LogP contribution < -0.4 is 15.4 Å². The molecule has 1 fully saturated rings. The van der Waals surface area contributed by atoms with Gasteiger partial charge in [-0.3, -0.25) is 4.79 Å². The predicted octanol–water partition coefficient (Wildman–Crippen LogP) is 4.18. The molecule has 1 amide bonds. The van der Waals surface area contributed by atoms with Crippen molar-refractivity contribution in [2.45, 2.75) is 6.42 Å². The monoisotopic (exact) mass is 506 g/mol. The molecule has 1 aliphatic heterocycles. The average Bonchev–Trinajstić information content (AvgIpc) is 2.89. The van der Waals surface area contributed by atoms with Crippen molar-refractivity contribution in [3.63, 3.8) is 0 Å². The fraction of sp³-hybridized carbons (Fsp3) is 0.231. The molecule has 0 radical (unpaired) electrons. The Morgan fingerprint density at radius 3 is 2.39 bits per heavy atom. The lowest BCUT2D eigenvalue weighted by Gasteiger charge is -2.35. The number of rotatable bonds is 6. The number of hydrogen-bond acceptors (Lipinski definition) is 7. The third-order valence-electron chi connectivity index (χ3n) is 6.01. The van der Waals surface area contributed by atoms with E-state index >= 15 is 0 Å². The minimum atomic E-state index is -0.305. The smallest absolute Gasteiger partial charge is 0.226 e. The summed E-state index contributed by atoms with van der Waals surface area (Å²) in [7, 11) is 0. The second-order valence-electron chi connectivity index (χ2n) is 8.40. The van der Waals surface area contributed by atoms with E-state index < -0.39 is 0 Å². The highest BCUT2D eigenvalue weighted by molar-refractivity contribution is 6.30. The number of piperazine rings is 1. The first-order chi connectivity index (χ1) is 17.5. The van der Waals surface area contributed by atoms with E-state index in [4.69, 9.17) is 27.1 Å². The number of pyridine rings is 1. The SMILES string of the molecule is Nc1nc(N2CCN(C(=O)CCOc3ccc(Cl)cc3)CC2)c2nc(-c3ccc(F)cc3)ccc2n1. The van der Waals surface area contributed by atoms with Crippen molar-refractivity contribution in [3.8, 4) is 17.0 Å². The van der Waals surface area contributed by atoms with Crippen molar-refractivity contribution in [1.29, 1.82) is 0 Å². The van der Waals surface area contributed by atoms with E-state index in [1.165, 1.54) is 12.1 Å². The first-order valence-electron chi connectivity index (χ1n) is 11.6. The summed E-state index contributed by atoms with van der Waals surface area (Å²) in [5, 5.41) is 0.636. The number of nitrogens with two attached hydrogens (primary N) is 1. The molecule has 0 unspecified atom stereocenters. The molecule has 0 aliphatic carbocycles. The standard InChI is InChI=1S/C26H24ClFN6O2/c27-18-3-7-20(8-4-18)36-16-11-23(35)33-12-14-34(15-13-33)25-24-22(31-26(29)32-25)10-9-21(30-24)17-1-5-19(28)6-2-17/h1-10H,11-16H2,(H2,29,31,32). The average molecular weight is 507 g/mol. The number of fused-ring (bicyclic) bond motifs is 1. The quantitative estimate of drug-likeness (QED) is 0.419. The molecule has 2 aromatic carbocycles. The first-order valence-corrected chi connectivity index (χ1v) is 12.0. The molecular weight excluding hydrogens is 483 g/mol. The summed E-state index contributed by atoms with van der Waals surface area (Å²) in [5.41, 5.74) is 8.69. The van der Waals surface area contributed by atoms with Crippen molar-refractivity contribution in [3.05, 3.63) is 71.5 Å². The van der Waals surface area contributed by atoms with E-state index in [1.54, 1.807) is 36.4 Å². The Morgan fingerprint density at radius 1 is 0.944 bits per heavy atom. The molecule has 0 saturated carbocycles. The largest absolute Gasteiger partial charge is 0.493 e. The molecule has 4 aromatic rings. The molecule has 1 aliphatic rings. The molecular formula is C26H24ClFN6O2. The summed E-state index contributed by atoms with van der Waals surface area (Å²) in [5.74, 6) is 1.19. The Bertz CT molecular complexity index is 1380. The number of hydrogen-bond donors (Lipinski definition) is 1. The van der Waals surface area contributed by atoms with Gasteiger partial charge in [0.25, 0.3) is 0 Å². The Morgan fingerprint density at radius 2 is 1.67 bits per heavy atom. The minimum Gasteiger partial charge on any atom is -0.493 e. The van der Waals surface area contributed by atoms with Gasteiger partial charge in [0.2, 0.25) is 11.9 Å². The van der Waals surface area contributed by atoms with Crippen molar-refractivity contribution in [2.24, 2.45) is 0 Å². The molecule has 3 heterocycles. The van der Waals surface area contributed by atoms with E-state index in [-0.39, 0.29) is 24.1 Å². The van der Waals surface area contributed by atoms with Gasteiger partial charge in [0.05, 0.1) is 24.2 Å². The van der Waals surface area contributed by atoms with Gasteiger partial charge in [0.1, 0.15) is 17.1 Å². The number of anilines is 2. The molecule has 184 valence electrons. The van der Waals surface area contributed by atoms with Crippen LogP contribution in [0.15, 0.2) is 60.7 Å². The number of nitrogen functional groups attached to an aromatic ring is 1. The second kappa shape index (κ2) is 10.3. The maximum atomic E-state index is 13.4. The fourth-order valence-electron chi connectivity index (χ4n) is 4.13. The van der Waals surface area contributed by atoms with Crippen LogP contribution in [-0.4, -0.2) is 58.5 Å². The van der Waals surface area contributed by atoms with E-state index in [2.05, 4.69) is 14.9 Å². The van der Waals surface area contributed by atoms with Gasteiger partial charge in [-0.25, -0.2) is 14.4 Å². The lowest BCUT2D eigenvalue weighted by molar-refractivity contribution is -0.132. The van der Waals surface area contributed by atoms with Crippen LogP contribution in [0.3, 0.4) is 0 Å². The molecule has 36 heavy (non-hydrogen) atoms. The highest BCUT2D eigenvalue weighted by atomic mass is 35.5. The number of carbonyl (C=O) groups excluding carboxylic acids is 1. The number of aromatic nitrogens is 3. The van der Waals surface area contributed by atoms with Gasteiger partial charge in [-0.2, -0.15) is 4.98 Å². The third kappa shape index (κ3) is 5.31. The summed E-state index contributed by atoms with van der Waals surface area (Å²) in [6, 6.07) is 16.9. The fourth-order valence-corrected chi connectivity index (χ4v) is 4.26. The Kier molecular flexibility index (Phi) is 6.81. The zero-order valence-corrected chi connectivity index (χ0v) is 20.2. The normalized spacial score (nSPS) is 13.7. The predicted molar refractivity (Wildman–Crippen MR) is 137 cm³/mol. The van der Waals surface area contributed by atoms with Crippen LogP contribution in [0.4, 0.5) is 16.2 Å². The molecule has 5 rings (SSSR count). The number of benzene rings is 2. The minimum absolute atomic E-state index is 0.0346. The van der Waals surface area contributed by atoms with Crippen LogP contribution in [0.25, 0.3) is 22.3 Å². The summed E-state index contributed by atoms with van der Waals surface area (Å²) in [4.78, 5) is 30.1. The maximum Gasteiger partial charge on any atom is 0.226 e. The highest BCUT2D eigenvalue weighted by Gasteiger charge is 2.24. The number of nitrogens with zero attached hydrogens (tertiary/aromatic N) is 5. The van der Waals surface area contributed by atoms with Gasteiger partial charge in [0, 0.05) is 36.8 Å². The highest BCUT2D eigenvalue weighted by Crippen LogP contribution is 2.28. The van der Waals surface area contributed by atoms with E-state index in [0.717, 1.165) is 5.56 Å². The molecule has 0 spiro atoms.